The molecule has 0 bridgehead atoms. The fourth-order valence-corrected chi connectivity index (χ4v) is 1.68. The summed E-state index contributed by atoms with van der Waals surface area (Å²) in [5.74, 6) is 1.55. The molecular weight excluding hydrogens is 206 g/mol. The lowest BCUT2D eigenvalue weighted by molar-refractivity contribution is 0.0953. The van der Waals surface area contributed by atoms with Crippen LogP contribution in [-0.2, 0) is 4.74 Å². The van der Waals surface area contributed by atoms with Crippen molar-refractivity contribution in [2.24, 2.45) is 5.73 Å². The maximum Gasteiger partial charge on any atom is 0.161 e. The second kappa shape index (κ2) is 4.72. The fraction of sp³-hybridized carbons (Fsp3) is 0.500. The monoisotopic (exact) mass is 223 g/mol. The van der Waals surface area contributed by atoms with Crippen LogP contribution in [0.2, 0.25) is 0 Å². The Balaban J connectivity index is 2.22. The average molecular weight is 223 g/mol. The molecule has 0 fully saturated rings. The third-order valence-electron chi connectivity index (χ3n) is 2.83. The molecular formula is C12H17NO3. The van der Waals surface area contributed by atoms with E-state index in [1.54, 1.807) is 7.11 Å². The highest BCUT2D eigenvalue weighted by Gasteiger charge is 2.18. The highest BCUT2D eigenvalue weighted by molar-refractivity contribution is 5.44. The van der Waals surface area contributed by atoms with E-state index in [1.807, 2.05) is 25.1 Å². The van der Waals surface area contributed by atoms with Crippen LogP contribution in [0.25, 0.3) is 0 Å². The quantitative estimate of drug-likeness (QED) is 0.843. The Kier molecular flexibility index (Phi) is 3.31. The normalized spacial score (nSPS) is 17.9. The Labute approximate surface area is 95.3 Å². The second-order valence-electron chi connectivity index (χ2n) is 3.87. The molecule has 1 aromatic rings. The van der Waals surface area contributed by atoms with Gasteiger partial charge in [0.25, 0.3) is 0 Å². The molecule has 0 spiro atoms. The minimum Gasteiger partial charge on any atom is -0.486 e. The first-order valence-electron chi connectivity index (χ1n) is 5.40. The van der Waals surface area contributed by atoms with Gasteiger partial charge in [0, 0.05) is 7.11 Å². The lowest BCUT2D eigenvalue weighted by Crippen LogP contribution is -2.25. The van der Waals surface area contributed by atoms with Crippen LogP contribution in [0, 0.1) is 0 Å². The van der Waals surface area contributed by atoms with E-state index < -0.39 is 0 Å². The van der Waals surface area contributed by atoms with E-state index in [1.165, 1.54) is 0 Å². The second-order valence-corrected chi connectivity index (χ2v) is 3.87. The van der Waals surface area contributed by atoms with E-state index in [9.17, 15) is 0 Å². The minimum absolute atomic E-state index is 0.0254. The number of benzene rings is 1. The number of hydrogen-bond acceptors (Lipinski definition) is 4. The van der Waals surface area contributed by atoms with Crippen LogP contribution in [0.15, 0.2) is 18.2 Å². The zero-order chi connectivity index (χ0) is 11.5. The largest absolute Gasteiger partial charge is 0.486 e. The number of hydrogen-bond donors (Lipinski definition) is 1. The Morgan fingerprint density at radius 1 is 1.25 bits per heavy atom. The summed E-state index contributed by atoms with van der Waals surface area (Å²) >= 11 is 0. The molecule has 2 N–H and O–H groups in total. The molecule has 4 nitrogen and oxygen atoms in total. The molecule has 2 rings (SSSR count). The van der Waals surface area contributed by atoms with E-state index in [0.717, 1.165) is 17.1 Å². The van der Waals surface area contributed by atoms with Gasteiger partial charge in [-0.2, -0.15) is 0 Å². The van der Waals surface area contributed by atoms with Crippen molar-refractivity contribution in [3.05, 3.63) is 23.8 Å². The van der Waals surface area contributed by atoms with Crippen LogP contribution < -0.4 is 15.2 Å². The molecule has 1 aromatic carbocycles. The van der Waals surface area contributed by atoms with Gasteiger partial charge in [0.2, 0.25) is 0 Å². The fourth-order valence-electron chi connectivity index (χ4n) is 1.68. The van der Waals surface area contributed by atoms with Crippen LogP contribution in [0.3, 0.4) is 0 Å². The molecule has 0 saturated heterocycles. The van der Waals surface area contributed by atoms with Gasteiger partial charge < -0.3 is 19.9 Å². The van der Waals surface area contributed by atoms with Crippen LogP contribution in [-0.4, -0.2) is 26.4 Å². The standard InChI is InChI=1S/C12H17NO3/c1-8(14-2)12(13)9-3-4-10-11(7-9)16-6-5-15-10/h3-4,7-8,12H,5-6,13H2,1-2H3. The van der Waals surface area contributed by atoms with Gasteiger partial charge in [-0.3, -0.25) is 0 Å². The Bertz CT molecular complexity index is 367. The summed E-state index contributed by atoms with van der Waals surface area (Å²) < 4.78 is 16.2. The highest BCUT2D eigenvalue weighted by Crippen LogP contribution is 2.32. The maximum atomic E-state index is 6.06. The van der Waals surface area contributed by atoms with Gasteiger partial charge in [-0.05, 0) is 24.6 Å². The van der Waals surface area contributed by atoms with Crippen molar-refractivity contribution >= 4 is 0 Å². The van der Waals surface area contributed by atoms with Crippen molar-refractivity contribution in [2.75, 3.05) is 20.3 Å². The predicted molar refractivity (Wildman–Crippen MR) is 60.8 cm³/mol. The Hall–Kier alpha value is -1.26. The Morgan fingerprint density at radius 3 is 2.62 bits per heavy atom. The van der Waals surface area contributed by atoms with Crippen molar-refractivity contribution in [2.45, 2.75) is 19.1 Å². The maximum absolute atomic E-state index is 6.06. The molecule has 2 atom stereocenters. The van der Waals surface area contributed by atoms with Gasteiger partial charge in [0.15, 0.2) is 11.5 Å². The van der Waals surface area contributed by atoms with Crippen LogP contribution >= 0.6 is 0 Å². The zero-order valence-corrected chi connectivity index (χ0v) is 9.60. The Morgan fingerprint density at radius 2 is 1.94 bits per heavy atom. The molecule has 1 heterocycles. The number of methoxy groups -OCH3 is 1. The molecule has 0 radical (unpaired) electrons. The summed E-state index contributed by atoms with van der Waals surface area (Å²) in [6, 6.07) is 5.62. The lowest BCUT2D eigenvalue weighted by atomic mass is 10.0. The summed E-state index contributed by atoms with van der Waals surface area (Å²) in [6.07, 6.45) is -0.0254. The van der Waals surface area contributed by atoms with Crippen molar-refractivity contribution in [1.82, 2.24) is 0 Å². The first-order chi connectivity index (χ1) is 7.72. The highest BCUT2D eigenvalue weighted by atomic mass is 16.6. The number of ether oxygens (including phenoxy) is 3. The van der Waals surface area contributed by atoms with Crippen LogP contribution in [0.1, 0.15) is 18.5 Å². The smallest absolute Gasteiger partial charge is 0.161 e. The molecule has 0 aromatic heterocycles. The SMILES string of the molecule is COC(C)C(N)c1ccc2c(c1)OCCO2. The van der Waals surface area contributed by atoms with Gasteiger partial charge >= 0.3 is 0 Å². The van der Waals surface area contributed by atoms with Gasteiger partial charge in [-0.25, -0.2) is 0 Å². The summed E-state index contributed by atoms with van der Waals surface area (Å²) in [4.78, 5) is 0. The molecule has 2 unspecified atom stereocenters. The van der Waals surface area contributed by atoms with E-state index in [2.05, 4.69) is 0 Å². The molecule has 1 aliphatic rings. The minimum atomic E-state index is -0.152. The molecule has 4 heteroatoms. The summed E-state index contributed by atoms with van der Waals surface area (Å²) in [7, 11) is 1.66. The molecule has 0 aliphatic carbocycles. The first kappa shape index (κ1) is 11.2. The van der Waals surface area contributed by atoms with Gasteiger partial charge in [-0.15, -0.1) is 0 Å². The van der Waals surface area contributed by atoms with Gasteiger partial charge in [0.1, 0.15) is 13.2 Å². The third-order valence-corrected chi connectivity index (χ3v) is 2.83. The van der Waals surface area contributed by atoms with E-state index >= 15 is 0 Å². The number of fused-ring (bicyclic) bond motifs is 1. The van der Waals surface area contributed by atoms with E-state index in [-0.39, 0.29) is 12.1 Å². The summed E-state index contributed by atoms with van der Waals surface area (Å²) in [5, 5.41) is 0. The molecule has 0 saturated carbocycles. The molecule has 1 aliphatic heterocycles. The predicted octanol–water partition coefficient (Wildman–Crippen LogP) is 1.49. The summed E-state index contributed by atoms with van der Waals surface area (Å²) in [5.41, 5.74) is 7.06. The third kappa shape index (κ3) is 2.13. The number of rotatable bonds is 3. The van der Waals surface area contributed by atoms with Crippen LogP contribution in [0.4, 0.5) is 0 Å². The van der Waals surface area contributed by atoms with Gasteiger partial charge in [0.05, 0.1) is 12.1 Å². The van der Waals surface area contributed by atoms with E-state index in [4.69, 9.17) is 19.9 Å². The van der Waals surface area contributed by atoms with Crippen molar-refractivity contribution < 1.29 is 14.2 Å². The van der Waals surface area contributed by atoms with Crippen LogP contribution in [0.5, 0.6) is 11.5 Å². The lowest BCUT2D eigenvalue weighted by Gasteiger charge is -2.22. The zero-order valence-electron chi connectivity index (χ0n) is 9.60. The van der Waals surface area contributed by atoms with Crippen molar-refractivity contribution in [3.8, 4) is 11.5 Å². The van der Waals surface area contributed by atoms with E-state index in [0.29, 0.717) is 13.2 Å². The van der Waals surface area contributed by atoms with Crippen molar-refractivity contribution in [3.63, 3.8) is 0 Å². The molecule has 88 valence electrons. The van der Waals surface area contributed by atoms with Crippen molar-refractivity contribution in [1.29, 1.82) is 0 Å². The first-order valence-corrected chi connectivity index (χ1v) is 5.40. The summed E-state index contributed by atoms with van der Waals surface area (Å²) in [6.45, 7) is 3.14. The number of nitrogens with two attached hydrogens (primary N) is 1. The van der Waals surface area contributed by atoms with Gasteiger partial charge in [-0.1, -0.05) is 6.07 Å². The molecule has 16 heavy (non-hydrogen) atoms. The average Bonchev–Trinajstić information content (AvgIpc) is 2.36. The topological polar surface area (TPSA) is 53.7 Å². The molecule has 0 amide bonds.